The number of amides is 1. The highest BCUT2D eigenvalue weighted by Crippen LogP contribution is 2.33. The van der Waals surface area contributed by atoms with Gasteiger partial charge in [0.15, 0.2) is 6.61 Å². The molecule has 6 rings (SSSR count). The van der Waals surface area contributed by atoms with Crippen LogP contribution in [0.1, 0.15) is 33.9 Å². The van der Waals surface area contributed by atoms with Crippen LogP contribution in [0.2, 0.25) is 0 Å². The van der Waals surface area contributed by atoms with Crippen LogP contribution in [-0.2, 0) is 9.53 Å². The largest absolute Gasteiger partial charge is 0.507 e. The minimum Gasteiger partial charge on any atom is -0.507 e. The van der Waals surface area contributed by atoms with Crippen LogP contribution in [0.4, 0.5) is 0 Å². The average molecular weight is 501 g/mol. The van der Waals surface area contributed by atoms with Gasteiger partial charge in [-0.25, -0.2) is 9.80 Å². The number of hydrogen-bond donors (Lipinski definition) is 1. The number of hydrazone groups is 1. The van der Waals surface area contributed by atoms with E-state index in [1.807, 2.05) is 84.9 Å². The third-order valence-corrected chi connectivity index (χ3v) is 6.84. The van der Waals surface area contributed by atoms with Gasteiger partial charge < -0.3 is 9.84 Å². The number of carbonyl (C=O) groups excluding carboxylic acids is 2. The Labute approximate surface area is 219 Å². The highest BCUT2D eigenvalue weighted by atomic mass is 16.5. The van der Waals surface area contributed by atoms with E-state index in [1.165, 1.54) is 11.1 Å². The molecule has 0 aromatic heterocycles. The van der Waals surface area contributed by atoms with Crippen LogP contribution in [0.3, 0.4) is 0 Å². The van der Waals surface area contributed by atoms with E-state index < -0.39 is 18.5 Å². The second-order valence-corrected chi connectivity index (χ2v) is 9.27. The Hall–Kier alpha value is -4.97. The predicted molar refractivity (Wildman–Crippen MR) is 147 cm³/mol. The van der Waals surface area contributed by atoms with Crippen molar-refractivity contribution in [2.24, 2.45) is 5.10 Å². The maximum absolute atomic E-state index is 13.3. The molecule has 1 heterocycles. The van der Waals surface area contributed by atoms with Crippen LogP contribution >= 0.6 is 0 Å². The zero-order chi connectivity index (χ0) is 26.1. The highest BCUT2D eigenvalue weighted by molar-refractivity contribution is 6.06. The number of phenols is 1. The number of rotatable bonds is 5. The standard InChI is InChI=1S/C32H24N2O4/c35-30-18-25-13-7-6-12-24(25)17-27(30)32(37)38-20-31(36)34-29(22-9-2-1-3-10-22)19-28(33-34)26-15-14-21-8-4-5-11-23(21)16-26/h1-18,29,35H,19-20H2. The maximum Gasteiger partial charge on any atom is 0.342 e. The summed E-state index contributed by atoms with van der Waals surface area (Å²) in [5.74, 6) is -1.40. The fourth-order valence-electron chi connectivity index (χ4n) is 4.88. The Kier molecular flexibility index (Phi) is 6.06. The number of ether oxygens (including phenoxy) is 1. The fraction of sp³-hybridized carbons (Fsp3) is 0.0938. The monoisotopic (exact) mass is 500 g/mol. The molecule has 38 heavy (non-hydrogen) atoms. The first-order valence-electron chi connectivity index (χ1n) is 12.4. The van der Waals surface area contributed by atoms with Crippen molar-refractivity contribution in [2.45, 2.75) is 12.5 Å². The van der Waals surface area contributed by atoms with E-state index in [2.05, 4.69) is 12.1 Å². The lowest BCUT2D eigenvalue weighted by Crippen LogP contribution is -2.31. The molecule has 1 atom stereocenters. The van der Waals surface area contributed by atoms with Gasteiger partial charge in [0.2, 0.25) is 0 Å². The molecule has 1 unspecified atom stereocenters. The number of hydrogen-bond acceptors (Lipinski definition) is 5. The number of aromatic hydroxyl groups is 1. The van der Waals surface area contributed by atoms with Crippen LogP contribution in [-0.4, -0.2) is 34.3 Å². The van der Waals surface area contributed by atoms with Gasteiger partial charge in [-0.15, -0.1) is 0 Å². The van der Waals surface area contributed by atoms with Crippen LogP contribution in [0, 0.1) is 0 Å². The molecule has 5 aromatic carbocycles. The summed E-state index contributed by atoms with van der Waals surface area (Å²) in [6.45, 7) is -0.497. The molecule has 0 fully saturated rings. The van der Waals surface area contributed by atoms with Crippen molar-refractivity contribution in [3.63, 3.8) is 0 Å². The van der Waals surface area contributed by atoms with Crippen molar-refractivity contribution in [3.05, 3.63) is 126 Å². The van der Waals surface area contributed by atoms with Crippen molar-refractivity contribution in [1.29, 1.82) is 0 Å². The Morgan fingerprint density at radius 1 is 0.789 bits per heavy atom. The third-order valence-electron chi connectivity index (χ3n) is 6.84. The predicted octanol–water partition coefficient (Wildman–Crippen LogP) is 6.23. The van der Waals surface area contributed by atoms with Crippen molar-refractivity contribution < 1.29 is 19.4 Å². The smallest absolute Gasteiger partial charge is 0.342 e. The lowest BCUT2D eigenvalue weighted by molar-refractivity contribution is -0.136. The molecule has 1 aliphatic rings. The summed E-state index contributed by atoms with van der Waals surface area (Å²) in [4.78, 5) is 26.1. The number of phenolic OH excluding ortho intramolecular Hbond substituents is 1. The van der Waals surface area contributed by atoms with E-state index in [4.69, 9.17) is 9.84 Å². The van der Waals surface area contributed by atoms with E-state index in [-0.39, 0.29) is 17.4 Å². The Balaban J connectivity index is 1.25. The number of fused-ring (bicyclic) bond motifs is 2. The molecule has 1 amide bonds. The van der Waals surface area contributed by atoms with Crippen molar-refractivity contribution in [1.82, 2.24) is 5.01 Å². The molecule has 1 aliphatic heterocycles. The van der Waals surface area contributed by atoms with Gasteiger partial charge in [0.25, 0.3) is 5.91 Å². The summed E-state index contributed by atoms with van der Waals surface area (Å²) in [7, 11) is 0. The fourth-order valence-corrected chi connectivity index (χ4v) is 4.88. The summed E-state index contributed by atoms with van der Waals surface area (Å²) in [5, 5.41) is 20.3. The molecule has 6 nitrogen and oxygen atoms in total. The first-order chi connectivity index (χ1) is 18.6. The summed E-state index contributed by atoms with van der Waals surface area (Å²) in [6, 6.07) is 34.1. The molecule has 1 N–H and O–H groups in total. The summed E-state index contributed by atoms with van der Waals surface area (Å²) in [5.41, 5.74) is 2.69. The molecule has 0 saturated heterocycles. The normalized spacial score (nSPS) is 15.0. The van der Waals surface area contributed by atoms with Gasteiger partial charge in [0.05, 0.1) is 11.8 Å². The molecule has 186 valence electrons. The Morgan fingerprint density at radius 3 is 2.16 bits per heavy atom. The summed E-state index contributed by atoms with van der Waals surface area (Å²) >= 11 is 0. The second kappa shape index (κ2) is 9.82. The van der Waals surface area contributed by atoms with Gasteiger partial charge in [-0.1, -0.05) is 91.0 Å². The topological polar surface area (TPSA) is 79.2 Å². The molecule has 5 aromatic rings. The Morgan fingerprint density at radius 2 is 1.42 bits per heavy atom. The zero-order valence-electron chi connectivity index (χ0n) is 20.5. The van der Waals surface area contributed by atoms with Crippen LogP contribution in [0.25, 0.3) is 21.5 Å². The van der Waals surface area contributed by atoms with E-state index in [0.29, 0.717) is 6.42 Å². The number of esters is 1. The zero-order valence-corrected chi connectivity index (χ0v) is 20.5. The van der Waals surface area contributed by atoms with E-state index >= 15 is 0 Å². The van der Waals surface area contributed by atoms with E-state index in [1.54, 1.807) is 6.07 Å². The van der Waals surface area contributed by atoms with Crippen molar-refractivity contribution in [3.8, 4) is 5.75 Å². The van der Waals surface area contributed by atoms with Gasteiger partial charge in [0, 0.05) is 6.42 Å². The van der Waals surface area contributed by atoms with Gasteiger partial charge >= 0.3 is 5.97 Å². The molecule has 0 aliphatic carbocycles. The molecular formula is C32H24N2O4. The quantitative estimate of drug-likeness (QED) is 0.290. The van der Waals surface area contributed by atoms with Gasteiger partial charge in [-0.2, -0.15) is 5.10 Å². The summed E-state index contributed by atoms with van der Waals surface area (Å²) < 4.78 is 5.36. The first kappa shape index (κ1) is 23.4. The molecule has 0 bridgehead atoms. The van der Waals surface area contributed by atoms with Gasteiger partial charge in [0.1, 0.15) is 11.3 Å². The van der Waals surface area contributed by atoms with Crippen LogP contribution in [0.15, 0.2) is 114 Å². The highest BCUT2D eigenvalue weighted by Gasteiger charge is 2.33. The molecular weight excluding hydrogens is 476 g/mol. The van der Waals surface area contributed by atoms with Gasteiger partial charge in [-0.05, 0) is 50.9 Å². The first-order valence-corrected chi connectivity index (χ1v) is 12.4. The molecule has 6 heteroatoms. The molecule has 0 radical (unpaired) electrons. The van der Waals surface area contributed by atoms with Crippen molar-refractivity contribution >= 4 is 39.1 Å². The van der Waals surface area contributed by atoms with Gasteiger partial charge in [-0.3, -0.25) is 4.79 Å². The van der Waals surface area contributed by atoms with Crippen LogP contribution < -0.4 is 0 Å². The van der Waals surface area contributed by atoms with E-state index in [9.17, 15) is 14.7 Å². The number of carbonyl (C=O) groups is 2. The second-order valence-electron chi connectivity index (χ2n) is 9.27. The number of nitrogens with zero attached hydrogens (tertiary/aromatic N) is 2. The van der Waals surface area contributed by atoms with Crippen LogP contribution in [0.5, 0.6) is 5.75 Å². The minimum absolute atomic E-state index is 0.0119. The van der Waals surface area contributed by atoms with Crippen molar-refractivity contribution in [2.75, 3.05) is 6.61 Å². The lowest BCUT2D eigenvalue weighted by Gasteiger charge is -2.22. The summed E-state index contributed by atoms with van der Waals surface area (Å²) in [6.07, 6.45) is 0.535. The average Bonchev–Trinajstić information content (AvgIpc) is 3.41. The molecule has 0 saturated carbocycles. The maximum atomic E-state index is 13.3. The molecule has 0 spiro atoms. The van der Waals surface area contributed by atoms with E-state index in [0.717, 1.165) is 38.4 Å². The minimum atomic E-state index is -0.768. The number of benzene rings is 5. The SMILES string of the molecule is O=C(OCC(=O)N1N=C(c2ccc3ccccc3c2)CC1c1ccccc1)c1cc2ccccc2cc1O. The lowest BCUT2D eigenvalue weighted by atomic mass is 9.97. The Bertz CT molecular complexity index is 1710. The third kappa shape index (κ3) is 4.48.